The van der Waals surface area contributed by atoms with E-state index < -0.39 is 0 Å². The van der Waals surface area contributed by atoms with Gasteiger partial charge in [-0.25, -0.2) is 0 Å². The average Bonchev–Trinajstić information content (AvgIpc) is 3.04. The summed E-state index contributed by atoms with van der Waals surface area (Å²) in [5.41, 5.74) is 1.49. The van der Waals surface area contributed by atoms with Crippen LogP contribution in [0.3, 0.4) is 0 Å². The maximum atomic E-state index is 11.9. The predicted molar refractivity (Wildman–Crippen MR) is 87.2 cm³/mol. The monoisotopic (exact) mass is 300 g/mol. The van der Waals surface area contributed by atoms with E-state index in [1.54, 1.807) is 6.08 Å². The number of hydrogen-bond donors (Lipinski definition) is 1. The van der Waals surface area contributed by atoms with Crippen molar-refractivity contribution in [3.63, 3.8) is 0 Å². The van der Waals surface area contributed by atoms with Gasteiger partial charge in [-0.05, 0) is 18.9 Å². The highest BCUT2D eigenvalue weighted by Gasteiger charge is 2.22. The summed E-state index contributed by atoms with van der Waals surface area (Å²) in [6, 6.07) is 4.05. The van der Waals surface area contributed by atoms with Gasteiger partial charge in [0.05, 0.1) is 12.1 Å². The molecule has 1 amide bonds. The molecular weight excluding hydrogens is 276 g/mol. The molecule has 0 radical (unpaired) electrons. The van der Waals surface area contributed by atoms with Gasteiger partial charge >= 0.3 is 0 Å². The summed E-state index contributed by atoms with van der Waals surface area (Å²) in [6.07, 6.45) is 7.96. The zero-order valence-electron chi connectivity index (χ0n) is 13.4. The number of nitriles is 1. The summed E-state index contributed by atoms with van der Waals surface area (Å²) < 4.78 is 2.07. The Morgan fingerprint density at radius 1 is 1.27 bits per heavy atom. The van der Waals surface area contributed by atoms with Crippen molar-refractivity contribution in [1.82, 2.24) is 9.47 Å². The molecule has 0 fully saturated rings. The quantitative estimate of drug-likeness (QED) is 0.750. The number of amides is 1. The molecule has 1 aliphatic heterocycles. The highest BCUT2D eigenvalue weighted by molar-refractivity contribution is 5.92. The van der Waals surface area contributed by atoms with E-state index in [4.69, 9.17) is 0 Å². The number of hydrogen-bond acceptors (Lipinski definition) is 3. The Bertz CT molecular complexity index is 594. The van der Waals surface area contributed by atoms with Crippen molar-refractivity contribution >= 4 is 11.7 Å². The summed E-state index contributed by atoms with van der Waals surface area (Å²) in [7, 11) is 0. The molecule has 1 aromatic rings. The first-order valence-electron chi connectivity index (χ1n) is 8.05. The number of aromatic nitrogens is 1. The molecule has 0 aromatic carbocycles. The zero-order valence-corrected chi connectivity index (χ0v) is 13.4. The molecule has 22 heavy (non-hydrogen) atoms. The second-order valence-corrected chi connectivity index (χ2v) is 5.64. The maximum absolute atomic E-state index is 11.9. The third-order valence-electron chi connectivity index (χ3n) is 3.83. The van der Waals surface area contributed by atoms with Crippen molar-refractivity contribution < 1.29 is 4.79 Å². The second kappa shape index (κ2) is 7.69. The summed E-state index contributed by atoms with van der Waals surface area (Å²) in [5, 5.41) is 12.6. The molecular formula is C17H24N4O. The molecule has 5 nitrogen and oxygen atoms in total. The number of nitrogens with one attached hydrogen (secondary N) is 1. The highest BCUT2D eigenvalue weighted by atomic mass is 16.2. The summed E-state index contributed by atoms with van der Waals surface area (Å²) in [5.74, 6) is 0.850. The lowest BCUT2D eigenvalue weighted by Crippen LogP contribution is -2.27. The minimum absolute atomic E-state index is 0.0481. The van der Waals surface area contributed by atoms with Gasteiger partial charge in [-0.3, -0.25) is 4.79 Å². The van der Waals surface area contributed by atoms with Crippen molar-refractivity contribution in [3.05, 3.63) is 29.6 Å². The van der Waals surface area contributed by atoms with Crippen LogP contribution in [0.25, 0.3) is 0 Å². The van der Waals surface area contributed by atoms with Crippen LogP contribution in [0, 0.1) is 11.3 Å². The number of anilines is 1. The summed E-state index contributed by atoms with van der Waals surface area (Å²) in [6.45, 7) is 6.48. The van der Waals surface area contributed by atoms with Gasteiger partial charge in [0, 0.05) is 31.1 Å². The van der Waals surface area contributed by atoms with Gasteiger partial charge in [0.1, 0.15) is 11.9 Å². The molecule has 118 valence electrons. The SMILES string of the molecule is CCCCCn1ccc(C#N)c1NC1=CC(=O)N(CCC)C1. The number of rotatable bonds is 8. The largest absolute Gasteiger partial charge is 0.342 e. The molecule has 2 heterocycles. The predicted octanol–water partition coefficient (Wildman–Crippen LogP) is 3.10. The van der Waals surface area contributed by atoms with Crippen LogP contribution < -0.4 is 5.32 Å². The van der Waals surface area contributed by atoms with Crippen LogP contribution in [0.1, 0.15) is 45.1 Å². The van der Waals surface area contributed by atoms with Gasteiger partial charge in [0.25, 0.3) is 0 Å². The molecule has 0 aliphatic carbocycles. The number of aryl methyl sites for hydroxylation is 1. The fourth-order valence-corrected chi connectivity index (χ4v) is 2.68. The van der Waals surface area contributed by atoms with Crippen molar-refractivity contribution in [2.24, 2.45) is 0 Å². The molecule has 0 unspecified atom stereocenters. The normalized spacial score (nSPS) is 14.1. The Kier molecular flexibility index (Phi) is 5.65. The molecule has 1 aromatic heterocycles. The molecule has 0 bridgehead atoms. The van der Waals surface area contributed by atoms with Crippen LogP contribution in [0.5, 0.6) is 0 Å². The van der Waals surface area contributed by atoms with Crippen LogP contribution >= 0.6 is 0 Å². The standard InChI is InChI=1S/C17H24N4O/c1-3-5-6-9-20-10-7-14(12-18)17(20)19-15-11-16(22)21(13-15)8-4-2/h7,10-11,19H,3-6,8-9,13H2,1-2H3. The van der Waals surface area contributed by atoms with Gasteiger partial charge in [0.15, 0.2) is 0 Å². The van der Waals surface area contributed by atoms with Gasteiger partial charge in [-0.1, -0.05) is 26.7 Å². The lowest BCUT2D eigenvalue weighted by molar-refractivity contribution is -0.124. The number of unbranched alkanes of at least 4 members (excludes halogenated alkanes) is 2. The third kappa shape index (κ3) is 3.70. The Balaban J connectivity index is 2.09. The zero-order chi connectivity index (χ0) is 15.9. The molecule has 1 N–H and O–H groups in total. The van der Waals surface area contributed by atoms with Crippen molar-refractivity contribution in [3.8, 4) is 6.07 Å². The van der Waals surface area contributed by atoms with Crippen LogP contribution in [0.2, 0.25) is 0 Å². The number of carbonyl (C=O) groups is 1. The van der Waals surface area contributed by atoms with Gasteiger partial charge in [0.2, 0.25) is 5.91 Å². The van der Waals surface area contributed by atoms with Gasteiger partial charge in [-0.2, -0.15) is 5.26 Å². The Morgan fingerprint density at radius 3 is 2.77 bits per heavy atom. The van der Waals surface area contributed by atoms with E-state index >= 15 is 0 Å². The average molecular weight is 300 g/mol. The van der Waals surface area contributed by atoms with Gasteiger partial charge in [-0.15, -0.1) is 0 Å². The van der Waals surface area contributed by atoms with E-state index in [-0.39, 0.29) is 5.91 Å². The van der Waals surface area contributed by atoms with Crippen LogP contribution in [0.4, 0.5) is 5.82 Å². The molecule has 5 heteroatoms. The fourth-order valence-electron chi connectivity index (χ4n) is 2.68. The Labute approximate surface area is 132 Å². The van der Waals surface area contributed by atoms with Crippen molar-refractivity contribution in [2.45, 2.75) is 46.1 Å². The van der Waals surface area contributed by atoms with E-state index in [2.05, 4.69) is 29.8 Å². The van der Waals surface area contributed by atoms with E-state index in [1.807, 2.05) is 17.2 Å². The minimum Gasteiger partial charge on any atom is -0.342 e. The first-order chi connectivity index (χ1) is 10.7. The number of nitrogens with zero attached hydrogens (tertiary/aromatic N) is 3. The Hall–Kier alpha value is -2.22. The van der Waals surface area contributed by atoms with Crippen LogP contribution in [0.15, 0.2) is 24.0 Å². The second-order valence-electron chi connectivity index (χ2n) is 5.64. The number of carbonyl (C=O) groups excluding carboxylic acids is 1. The van der Waals surface area contributed by atoms with E-state index in [1.165, 1.54) is 12.8 Å². The molecule has 0 saturated carbocycles. The van der Waals surface area contributed by atoms with Gasteiger partial charge < -0.3 is 14.8 Å². The Morgan fingerprint density at radius 2 is 2.09 bits per heavy atom. The lowest BCUT2D eigenvalue weighted by atomic mass is 10.2. The lowest BCUT2D eigenvalue weighted by Gasteiger charge is -2.16. The highest BCUT2D eigenvalue weighted by Crippen LogP contribution is 2.22. The molecule has 0 saturated heterocycles. The summed E-state index contributed by atoms with van der Waals surface area (Å²) in [4.78, 5) is 13.7. The fraction of sp³-hybridized carbons (Fsp3) is 0.529. The third-order valence-corrected chi connectivity index (χ3v) is 3.83. The van der Waals surface area contributed by atoms with Crippen molar-refractivity contribution in [2.75, 3.05) is 18.4 Å². The molecule has 1 aliphatic rings. The topological polar surface area (TPSA) is 61.1 Å². The van der Waals surface area contributed by atoms with Crippen LogP contribution in [-0.4, -0.2) is 28.5 Å². The first-order valence-corrected chi connectivity index (χ1v) is 8.05. The van der Waals surface area contributed by atoms with E-state index in [9.17, 15) is 10.1 Å². The maximum Gasteiger partial charge on any atom is 0.248 e. The van der Waals surface area contributed by atoms with E-state index in [0.29, 0.717) is 12.1 Å². The molecule has 0 atom stereocenters. The van der Waals surface area contributed by atoms with E-state index in [0.717, 1.165) is 37.4 Å². The van der Waals surface area contributed by atoms with Crippen molar-refractivity contribution in [1.29, 1.82) is 5.26 Å². The molecule has 0 spiro atoms. The first kappa shape index (κ1) is 16.2. The smallest absolute Gasteiger partial charge is 0.248 e. The minimum atomic E-state index is 0.0481. The molecule has 2 rings (SSSR count). The summed E-state index contributed by atoms with van der Waals surface area (Å²) >= 11 is 0. The van der Waals surface area contributed by atoms with Crippen LogP contribution in [-0.2, 0) is 11.3 Å².